The molecule has 1 unspecified atom stereocenters. The molecule has 15 heavy (non-hydrogen) atoms. The van der Waals surface area contributed by atoms with Crippen LogP contribution in [0.5, 0.6) is 0 Å². The molecule has 0 aliphatic carbocycles. The summed E-state index contributed by atoms with van der Waals surface area (Å²) in [5.41, 5.74) is -1.24. The molecule has 1 saturated heterocycles. The van der Waals surface area contributed by atoms with E-state index >= 15 is 0 Å². The van der Waals surface area contributed by atoms with E-state index in [1.807, 2.05) is 0 Å². The summed E-state index contributed by atoms with van der Waals surface area (Å²) < 4.78 is 5.26. The van der Waals surface area contributed by atoms with Crippen LogP contribution in [-0.4, -0.2) is 35.2 Å². The van der Waals surface area contributed by atoms with Crippen LogP contribution >= 0.6 is 0 Å². The number of nitrogens with one attached hydrogen (secondary N) is 1. The maximum absolute atomic E-state index is 11.6. The molecule has 1 amide bonds. The average Bonchev–Trinajstić information content (AvgIpc) is 2.18. The molecule has 5 heteroatoms. The van der Waals surface area contributed by atoms with Crippen LogP contribution in [0.3, 0.4) is 0 Å². The lowest BCUT2D eigenvalue weighted by molar-refractivity contribution is -0.149. The van der Waals surface area contributed by atoms with Gasteiger partial charge in [-0.3, -0.25) is 4.79 Å². The summed E-state index contributed by atoms with van der Waals surface area (Å²) >= 11 is 0. The van der Waals surface area contributed by atoms with Crippen molar-refractivity contribution in [2.24, 2.45) is 0 Å². The largest absolute Gasteiger partial charge is 0.480 e. The third-order valence-electron chi connectivity index (χ3n) is 2.44. The fourth-order valence-corrected chi connectivity index (χ4v) is 1.39. The molecule has 0 radical (unpaired) electrons. The van der Waals surface area contributed by atoms with E-state index in [4.69, 9.17) is 9.84 Å². The van der Waals surface area contributed by atoms with Gasteiger partial charge in [0.15, 0.2) is 0 Å². The van der Waals surface area contributed by atoms with E-state index in [1.54, 1.807) is 0 Å². The predicted octanol–water partition coefficient (Wildman–Crippen LogP) is 0.535. The number of carbonyl (C=O) groups excluding carboxylic acids is 1. The van der Waals surface area contributed by atoms with Crippen molar-refractivity contribution >= 4 is 11.9 Å². The van der Waals surface area contributed by atoms with Gasteiger partial charge < -0.3 is 15.2 Å². The number of aliphatic carboxylic acids is 1. The lowest BCUT2D eigenvalue weighted by Gasteiger charge is -2.27. The number of ether oxygens (including phenoxy) is 1. The fourth-order valence-electron chi connectivity index (χ4n) is 1.39. The zero-order valence-electron chi connectivity index (χ0n) is 9.08. The molecule has 86 valence electrons. The Balaban J connectivity index is 2.50. The van der Waals surface area contributed by atoms with Crippen molar-refractivity contribution in [3.63, 3.8) is 0 Å². The van der Waals surface area contributed by atoms with Gasteiger partial charge in [0.2, 0.25) is 5.91 Å². The molecule has 1 heterocycles. The number of carbonyl (C=O) groups is 2. The third kappa shape index (κ3) is 3.20. The maximum Gasteiger partial charge on any atom is 0.328 e. The standard InChI is InChI=1S/C10H17NO4/c1-10(2,9(13)14)11-8(12)7-5-3-4-6-15-7/h7H,3-6H2,1-2H3,(H,11,12)(H,13,14). The van der Waals surface area contributed by atoms with Crippen molar-refractivity contribution in [3.8, 4) is 0 Å². The lowest BCUT2D eigenvalue weighted by Crippen LogP contribution is -2.53. The summed E-state index contributed by atoms with van der Waals surface area (Å²) in [5, 5.41) is 11.3. The van der Waals surface area contributed by atoms with E-state index in [2.05, 4.69) is 5.32 Å². The molecule has 1 fully saturated rings. The van der Waals surface area contributed by atoms with Gasteiger partial charge in [-0.25, -0.2) is 4.79 Å². The number of rotatable bonds is 3. The first-order valence-electron chi connectivity index (χ1n) is 5.10. The zero-order valence-corrected chi connectivity index (χ0v) is 9.08. The Labute approximate surface area is 88.8 Å². The summed E-state index contributed by atoms with van der Waals surface area (Å²) in [6, 6.07) is 0. The Bertz CT molecular complexity index is 256. The van der Waals surface area contributed by atoms with Crippen molar-refractivity contribution in [2.75, 3.05) is 6.61 Å². The maximum atomic E-state index is 11.6. The van der Waals surface area contributed by atoms with Crippen LogP contribution in [0.15, 0.2) is 0 Å². The molecule has 0 aromatic rings. The molecule has 0 bridgehead atoms. The van der Waals surface area contributed by atoms with Gasteiger partial charge in [-0.2, -0.15) is 0 Å². The molecule has 5 nitrogen and oxygen atoms in total. The Kier molecular flexibility index (Phi) is 3.68. The summed E-state index contributed by atoms with van der Waals surface area (Å²) in [5.74, 6) is -1.38. The van der Waals surface area contributed by atoms with E-state index < -0.39 is 17.6 Å². The Morgan fingerprint density at radius 1 is 1.40 bits per heavy atom. The van der Waals surface area contributed by atoms with Crippen LogP contribution in [0.1, 0.15) is 33.1 Å². The molecule has 0 saturated carbocycles. The number of amides is 1. The minimum atomic E-state index is -1.24. The Hall–Kier alpha value is -1.10. The van der Waals surface area contributed by atoms with Crippen molar-refractivity contribution in [1.29, 1.82) is 0 Å². The van der Waals surface area contributed by atoms with Crippen LogP contribution in [0, 0.1) is 0 Å². The first-order valence-corrected chi connectivity index (χ1v) is 5.10. The summed E-state index contributed by atoms with van der Waals surface area (Å²) in [4.78, 5) is 22.4. The summed E-state index contributed by atoms with van der Waals surface area (Å²) in [6.07, 6.45) is 2.09. The highest BCUT2D eigenvalue weighted by atomic mass is 16.5. The van der Waals surface area contributed by atoms with Crippen LogP contribution < -0.4 is 5.32 Å². The highest BCUT2D eigenvalue weighted by Crippen LogP contribution is 2.14. The first kappa shape index (κ1) is 12.0. The monoisotopic (exact) mass is 215 g/mol. The Morgan fingerprint density at radius 2 is 2.07 bits per heavy atom. The minimum absolute atomic E-state index is 0.331. The van der Waals surface area contributed by atoms with Gasteiger partial charge in [0.1, 0.15) is 11.6 Å². The van der Waals surface area contributed by atoms with Crippen molar-refractivity contribution < 1.29 is 19.4 Å². The highest BCUT2D eigenvalue weighted by Gasteiger charge is 2.32. The van der Waals surface area contributed by atoms with E-state index in [0.29, 0.717) is 13.0 Å². The predicted molar refractivity (Wildman–Crippen MR) is 53.4 cm³/mol. The average molecular weight is 215 g/mol. The van der Waals surface area contributed by atoms with E-state index in [9.17, 15) is 9.59 Å². The summed E-state index contributed by atoms with van der Waals surface area (Å²) in [7, 11) is 0. The van der Waals surface area contributed by atoms with Crippen LogP contribution in [0.2, 0.25) is 0 Å². The lowest BCUT2D eigenvalue weighted by atomic mass is 10.0. The smallest absolute Gasteiger partial charge is 0.328 e. The normalized spacial score (nSPS) is 22.1. The zero-order chi connectivity index (χ0) is 11.5. The first-order chi connectivity index (χ1) is 6.93. The van der Waals surface area contributed by atoms with Gasteiger partial charge in [-0.1, -0.05) is 0 Å². The number of carboxylic acids is 1. The van der Waals surface area contributed by atoms with Gasteiger partial charge in [0.25, 0.3) is 0 Å². The summed E-state index contributed by atoms with van der Waals surface area (Å²) in [6.45, 7) is 3.48. The van der Waals surface area contributed by atoms with E-state index in [-0.39, 0.29) is 5.91 Å². The number of carboxylic acid groups (broad SMARTS) is 1. The second kappa shape index (κ2) is 4.61. The fraction of sp³-hybridized carbons (Fsp3) is 0.800. The molecule has 1 aliphatic heterocycles. The SMILES string of the molecule is CC(C)(NC(=O)C1CCCCO1)C(=O)O. The molecule has 0 spiro atoms. The number of hydrogen-bond donors (Lipinski definition) is 2. The van der Waals surface area contributed by atoms with Gasteiger partial charge in [0.05, 0.1) is 0 Å². The molecule has 1 rings (SSSR count). The van der Waals surface area contributed by atoms with Crippen molar-refractivity contribution in [3.05, 3.63) is 0 Å². The second-order valence-corrected chi connectivity index (χ2v) is 4.27. The van der Waals surface area contributed by atoms with Gasteiger partial charge in [-0.05, 0) is 33.1 Å². The molecule has 2 N–H and O–H groups in total. The second-order valence-electron chi connectivity index (χ2n) is 4.27. The third-order valence-corrected chi connectivity index (χ3v) is 2.44. The minimum Gasteiger partial charge on any atom is -0.480 e. The molecular weight excluding hydrogens is 198 g/mol. The van der Waals surface area contributed by atoms with Crippen LogP contribution in [-0.2, 0) is 14.3 Å². The van der Waals surface area contributed by atoms with Gasteiger partial charge in [-0.15, -0.1) is 0 Å². The van der Waals surface area contributed by atoms with Crippen molar-refractivity contribution in [1.82, 2.24) is 5.32 Å². The van der Waals surface area contributed by atoms with Crippen molar-refractivity contribution in [2.45, 2.75) is 44.8 Å². The molecule has 0 aromatic carbocycles. The number of hydrogen-bond acceptors (Lipinski definition) is 3. The van der Waals surface area contributed by atoms with Gasteiger partial charge in [0, 0.05) is 6.61 Å². The van der Waals surface area contributed by atoms with Gasteiger partial charge >= 0.3 is 5.97 Å². The molecule has 0 aromatic heterocycles. The van der Waals surface area contributed by atoms with E-state index in [1.165, 1.54) is 13.8 Å². The topological polar surface area (TPSA) is 75.6 Å². The Morgan fingerprint density at radius 3 is 2.53 bits per heavy atom. The molecular formula is C10H17NO4. The molecule has 1 aliphatic rings. The molecule has 1 atom stereocenters. The highest BCUT2D eigenvalue weighted by molar-refractivity contribution is 5.88. The van der Waals surface area contributed by atoms with E-state index in [0.717, 1.165) is 12.8 Å². The van der Waals surface area contributed by atoms with Crippen LogP contribution in [0.25, 0.3) is 0 Å². The van der Waals surface area contributed by atoms with Crippen LogP contribution in [0.4, 0.5) is 0 Å². The quantitative estimate of drug-likeness (QED) is 0.720.